The van der Waals surface area contributed by atoms with Gasteiger partial charge in [-0.05, 0) is 19.1 Å². The standard InChI is InChI=1S/C8H11ClN2O3S/c1-5(15(10,13)14)8(12)6-3-2-4-7(9)11-6/h2-5,8,12H,1H3,(H2,10,13,14)/t5-,8+/m0/s1. The molecule has 2 atom stereocenters. The molecule has 15 heavy (non-hydrogen) atoms. The summed E-state index contributed by atoms with van der Waals surface area (Å²) >= 11 is 5.60. The zero-order valence-electron chi connectivity index (χ0n) is 7.96. The molecule has 1 rings (SSSR count). The Balaban J connectivity index is 3.00. The Bertz CT molecular complexity index is 449. The van der Waals surface area contributed by atoms with E-state index >= 15 is 0 Å². The molecule has 0 radical (unpaired) electrons. The highest BCUT2D eigenvalue weighted by atomic mass is 35.5. The molecule has 0 fully saturated rings. The van der Waals surface area contributed by atoms with Gasteiger partial charge in [-0.3, -0.25) is 0 Å². The molecule has 1 aromatic heterocycles. The molecule has 0 saturated carbocycles. The number of pyridine rings is 1. The van der Waals surface area contributed by atoms with E-state index in [1.807, 2.05) is 0 Å². The van der Waals surface area contributed by atoms with Gasteiger partial charge in [-0.25, -0.2) is 18.5 Å². The predicted octanol–water partition coefficient (Wildman–Crippen LogP) is 0.445. The van der Waals surface area contributed by atoms with E-state index in [1.165, 1.54) is 19.1 Å². The highest BCUT2D eigenvalue weighted by Crippen LogP contribution is 2.19. The molecule has 0 saturated heterocycles. The zero-order valence-corrected chi connectivity index (χ0v) is 9.53. The predicted molar refractivity (Wildman–Crippen MR) is 56.8 cm³/mol. The van der Waals surface area contributed by atoms with Crippen LogP contribution in [0.25, 0.3) is 0 Å². The fraction of sp³-hybridized carbons (Fsp3) is 0.375. The Morgan fingerprint density at radius 3 is 2.60 bits per heavy atom. The van der Waals surface area contributed by atoms with Crippen LogP contribution in [0.3, 0.4) is 0 Å². The fourth-order valence-corrected chi connectivity index (χ4v) is 1.68. The van der Waals surface area contributed by atoms with Crippen LogP contribution in [0.15, 0.2) is 18.2 Å². The summed E-state index contributed by atoms with van der Waals surface area (Å²) in [5, 5.41) is 13.6. The summed E-state index contributed by atoms with van der Waals surface area (Å²) < 4.78 is 22.0. The van der Waals surface area contributed by atoms with Crippen LogP contribution in [0.5, 0.6) is 0 Å². The van der Waals surface area contributed by atoms with Crippen molar-refractivity contribution in [3.63, 3.8) is 0 Å². The minimum absolute atomic E-state index is 0.184. The molecule has 0 aliphatic carbocycles. The van der Waals surface area contributed by atoms with Crippen LogP contribution in [-0.4, -0.2) is 23.8 Å². The fourth-order valence-electron chi connectivity index (χ4n) is 1.01. The molecular weight excluding hydrogens is 240 g/mol. The van der Waals surface area contributed by atoms with Crippen LogP contribution in [0, 0.1) is 0 Å². The third kappa shape index (κ3) is 3.13. The first kappa shape index (κ1) is 12.4. The first-order valence-corrected chi connectivity index (χ1v) is 6.13. The van der Waals surface area contributed by atoms with Crippen molar-refractivity contribution < 1.29 is 13.5 Å². The van der Waals surface area contributed by atoms with Gasteiger partial charge in [-0.1, -0.05) is 17.7 Å². The van der Waals surface area contributed by atoms with E-state index in [9.17, 15) is 13.5 Å². The lowest BCUT2D eigenvalue weighted by Crippen LogP contribution is -2.31. The lowest BCUT2D eigenvalue weighted by Gasteiger charge is -2.16. The first-order chi connectivity index (χ1) is 6.82. The maximum Gasteiger partial charge on any atom is 0.214 e. The normalized spacial score (nSPS) is 16.0. The number of primary sulfonamides is 1. The van der Waals surface area contributed by atoms with Gasteiger partial charge in [-0.15, -0.1) is 0 Å². The monoisotopic (exact) mass is 250 g/mol. The molecule has 1 heterocycles. The van der Waals surface area contributed by atoms with Crippen molar-refractivity contribution in [3.05, 3.63) is 29.0 Å². The molecule has 5 nitrogen and oxygen atoms in total. The van der Waals surface area contributed by atoms with Crippen molar-refractivity contribution >= 4 is 21.6 Å². The Labute approximate surface area is 92.9 Å². The molecule has 0 spiro atoms. The van der Waals surface area contributed by atoms with Gasteiger partial charge >= 0.3 is 0 Å². The number of sulfonamides is 1. The second-order valence-corrected chi connectivity index (χ2v) is 5.43. The van der Waals surface area contributed by atoms with Crippen molar-refractivity contribution in [1.82, 2.24) is 4.98 Å². The van der Waals surface area contributed by atoms with Crippen molar-refractivity contribution in [1.29, 1.82) is 0 Å². The Hall–Kier alpha value is -0.690. The second kappa shape index (κ2) is 4.44. The summed E-state index contributed by atoms with van der Waals surface area (Å²) in [4.78, 5) is 3.80. The highest BCUT2D eigenvalue weighted by molar-refractivity contribution is 7.89. The molecule has 84 valence electrons. The molecule has 0 unspecified atom stereocenters. The smallest absolute Gasteiger partial charge is 0.214 e. The van der Waals surface area contributed by atoms with E-state index in [-0.39, 0.29) is 10.8 Å². The van der Waals surface area contributed by atoms with Crippen LogP contribution in [0.2, 0.25) is 5.15 Å². The maximum absolute atomic E-state index is 11.0. The summed E-state index contributed by atoms with van der Waals surface area (Å²) in [6.07, 6.45) is -1.28. The van der Waals surface area contributed by atoms with Gasteiger partial charge in [0.2, 0.25) is 10.0 Å². The molecule has 7 heteroatoms. The molecule has 0 aliphatic heterocycles. The number of hydrogen-bond donors (Lipinski definition) is 2. The van der Waals surface area contributed by atoms with Gasteiger partial charge < -0.3 is 5.11 Å². The van der Waals surface area contributed by atoms with E-state index in [2.05, 4.69) is 4.98 Å². The second-order valence-electron chi connectivity index (χ2n) is 3.12. The van der Waals surface area contributed by atoms with E-state index in [0.717, 1.165) is 0 Å². The van der Waals surface area contributed by atoms with Crippen molar-refractivity contribution in [2.24, 2.45) is 5.14 Å². The third-order valence-corrected chi connectivity index (χ3v) is 3.51. The highest BCUT2D eigenvalue weighted by Gasteiger charge is 2.27. The van der Waals surface area contributed by atoms with Crippen LogP contribution < -0.4 is 5.14 Å². The Kier molecular flexibility index (Phi) is 3.67. The molecule has 3 N–H and O–H groups in total. The lowest BCUT2D eigenvalue weighted by molar-refractivity contribution is 0.171. The van der Waals surface area contributed by atoms with Crippen LogP contribution >= 0.6 is 11.6 Å². The number of aliphatic hydroxyl groups is 1. The molecular formula is C8H11ClN2O3S. The topological polar surface area (TPSA) is 93.3 Å². The molecule has 0 aromatic carbocycles. The molecule has 1 aromatic rings. The number of nitrogens with two attached hydrogens (primary N) is 1. The first-order valence-electron chi connectivity index (χ1n) is 4.14. The number of halogens is 1. The molecule has 0 bridgehead atoms. The number of nitrogens with zero attached hydrogens (tertiary/aromatic N) is 1. The maximum atomic E-state index is 11.0. The van der Waals surface area contributed by atoms with Gasteiger partial charge in [0, 0.05) is 0 Å². The van der Waals surface area contributed by atoms with Gasteiger partial charge in [0.05, 0.1) is 5.69 Å². The van der Waals surface area contributed by atoms with E-state index in [0.29, 0.717) is 0 Å². The molecule has 0 aliphatic rings. The summed E-state index contributed by atoms with van der Waals surface area (Å²) in [6, 6.07) is 4.58. The lowest BCUT2D eigenvalue weighted by atomic mass is 10.2. The largest absolute Gasteiger partial charge is 0.385 e. The minimum Gasteiger partial charge on any atom is -0.385 e. The quantitative estimate of drug-likeness (QED) is 0.762. The average Bonchev–Trinajstić information content (AvgIpc) is 2.14. The van der Waals surface area contributed by atoms with Crippen molar-refractivity contribution in [2.45, 2.75) is 18.3 Å². The number of aromatic nitrogens is 1. The van der Waals surface area contributed by atoms with Crippen molar-refractivity contribution in [3.8, 4) is 0 Å². The van der Waals surface area contributed by atoms with Gasteiger partial charge in [-0.2, -0.15) is 0 Å². The minimum atomic E-state index is -3.80. The van der Waals surface area contributed by atoms with Crippen molar-refractivity contribution in [2.75, 3.05) is 0 Å². The molecule has 0 amide bonds. The van der Waals surface area contributed by atoms with Crippen LogP contribution in [-0.2, 0) is 10.0 Å². The van der Waals surface area contributed by atoms with Gasteiger partial charge in [0.1, 0.15) is 16.5 Å². The van der Waals surface area contributed by atoms with Gasteiger partial charge in [0.25, 0.3) is 0 Å². The van der Waals surface area contributed by atoms with E-state index in [4.69, 9.17) is 16.7 Å². The number of hydrogen-bond acceptors (Lipinski definition) is 4. The third-order valence-electron chi connectivity index (χ3n) is 2.00. The summed E-state index contributed by atoms with van der Waals surface area (Å²) in [5.74, 6) is 0. The number of rotatable bonds is 3. The number of aliphatic hydroxyl groups excluding tert-OH is 1. The summed E-state index contributed by atoms with van der Waals surface area (Å²) in [7, 11) is -3.80. The SMILES string of the molecule is C[C@@H]([C@@H](O)c1cccc(Cl)n1)S(N)(=O)=O. The van der Waals surface area contributed by atoms with Gasteiger partial charge in [0.15, 0.2) is 0 Å². The summed E-state index contributed by atoms with van der Waals surface area (Å²) in [6.45, 7) is 1.31. The Morgan fingerprint density at radius 2 is 2.13 bits per heavy atom. The van der Waals surface area contributed by atoms with Crippen LogP contribution in [0.1, 0.15) is 18.7 Å². The zero-order chi connectivity index (χ0) is 11.6. The average molecular weight is 251 g/mol. The van der Waals surface area contributed by atoms with E-state index in [1.54, 1.807) is 6.07 Å². The Morgan fingerprint density at radius 1 is 1.53 bits per heavy atom. The summed E-state index contributed by atoms with van der Waals surface area (Å²) in [5.41, 5.74) is 0.184. The van der Waals surface area contributed by atoms with Crippen LogP contribution in [0.4, 0.5) is 0 Å². The van der Waals surface area contributed by atoms with E-state index < -0.39 is 21.4 Å².